The zero-order valence-corrected chi connectivity index (χ0v) is 11.9. The smallest absolute Gasteiger partial charge is 0.312 e. The van der Waals surface area contributed by atoms with Gasteiger partial charge in [-0.15, -0.1) is 0 Å². The van der Waals surface area contributed by atoms with Crippen molar-refractivity contribution in [2.24, 2.45) is 5.73 Å². The van der Waals surface area contributed by atoms with Gasteiger partial charge in [-0.05, 0) is 30.3 Å². The van der Waals surface area contributed by atoms with Crippen LogP contribution in [0.3, 0.4) is 0 Å². The third-order valence-electron chi connectivity index (χ3n) is 2.71. The van der Waals surface area contributed by atoms with Gasteiger partial charge >= 0.3 is 6.03 Å². The minimum absolute atomic E-state index is 0.0449. The Morgan fingerprint density at radius 3 is 2.67 bits per heavy atom. The molecule has 6 N–H and O–H groups in total. The Labute approximate surface area is 121 Å². The maximum atomic E-state index is 12.1. The number of aromatic nitrogens is 1. The molecule has 8 nitrogen and oxygen atoms in total. The molecule has 0 aliphatic carbocycles. The lowest BCUT2D eigenvalue weighted by atomic mass is 10.2. The summed E-state index contributed by atoms with van der Waals surface area (Å²) in [5, 5.41) is 2.96. The Hall–Kier alpha value is -2.39. The van der Waals surface area contributed by atoms with Crippen LogP contribution in [0.4, 0.5) is 10.6 Å². The van der Waals surface area contributed by atoms with Crippen molar-refractivity contribution < 1.29 is 13.2 Å². The van der Waals surface area contributed by atoms with E-state index < -0.39 is 16.1 Å². The SMILES string of the molecule is NC(=O)NCCNS(=O)(=O)c1ccc2nc(N)ccc2c1. The summed E-state index contributed by atoms with van der Waals surface area (Å²) in [6.45, 7) is 0.156. The molecule has 9 heteroatoms. The van der Waals surface area contributed by atoms with E-state index in [1.807, 2.05) is 0 Å². The molecular weight excluding hydrogens is 294 g/mol. The van der Waals surface area contributed by atoms with Crippen molar-refractivity contribution in [3.05, 3.63) is 30.3 Å². The minimum atomic E-state index is -3.66. The number of pyridine rings is 1. The largest absolute Gasteiger partial charge is 0.384 e. The molecule has 0 bridgehead atoms. The summed E-state index contributed by atoms with van der Waals surface area (Å²) in [6, 6.07) is 7.13. The van der Waals surface area contributed by atoms with Gasteiger partial charge in [-0.1, -0.05) is 0 Å². The molecule has 0 aliphatic rings. The van der Waals surface area contributed by atoms with Crippen molar-refractivity contribution in [2.45, 2.75) is 4.90 Å². The molecule has 112 valence electrons. The van der Waals surface area contributed by atoms with E-state index in [1.165, 1.54) is 12.1 Å². The van der Waals surface area contributed by atoms with Crippen molar-refractivity contribution >= 4 is 32.8 Å². The van der Waals surface area contributed by atoms with Gasteiger partial charge in [0.25, 0.3) is 0 Å². The number of anilines is 1. The van der Waals surface area contributed by atoms with Gasteiger partial charge in [0.05, 0.1) is 10.4 Å². The molecule has 21 heavy (non-hydrogen) atoms. The lowest BCUT2D eigenvalue weighted by Crippen LogP contribution is -2.37. The van der Waals surface area contributed by atoms with Gasteiger partial charge in [-0.25, -0.2) is 22.9 Å². The summed E-state index contributed by atoms with van der Waals surface area (Å²) >= 11 is 0. The highest BCUT2D eigenvalue weighted by Crippen LogP contribution is 2.18. The van der Waals surface area contributed by atoms with Gasteiger partial charge < -0.3 is 16.8 Å². The van der Waals surface area contributed by atoms with E-state index >= 15 is 0 Å². The molecule has 2 rings (SSSR count). The summed E-state index contributed by atoms with van der Waals surface area (Å²) < 4.78 is 26.5. The Morgan fingerprint density at radius 1 is 1.19 bits per heavy atom. The Kier molecular flexibility index (Phi) is 4.24. The molecule has 1 aromatic carbocycles. The van der Waals surface area contributed by atoms with Crippen LogP contribution in [0.5, 0.6) is 0 Å². The first-order chi connectivity index (χ1) is 9.88. The normalized spacial score (nSPS) is 11.4. The molecule has 0 saturated carbocycles. The first kappa shape index (κ1) is 15.0. The van der Waals surface area contributed by atoms with Gasteiger partial charge in [0.2, 0.25) is 10.0 Å². The highest BCUT2D eigenvalue weighted by atomic mass is 32.2. The second kappa shape index (κ2) is 5.94. The van der Waals surface area contributed by atoms with Crippen molar-refractivity contribution in [3.8, 4) is 0 Å². The Bertz CT molecular complexity index is 776. The number of primary amides is 1. The second-order valence-corrected chi connectivity index (χ2v) is 6.05. The lowest BCUT2D eigenvalue weighted by Gasteiger charge is -2.08. The average molecular weight is 309 g/mol. The number of nitrogens with zero attached hydrogens (tertiary/aromatic N) is 1. The summed E-state index contributed by atoms with van der Waals surface area (Å²) in [7, 11) is -3.66. The Morgan fingerprint density at radius 2 is 1.95 bits per heavy atom. The number of rotatable bonds is 5. The third-order valence-corrected chi connectivity index (χ3v) is 4.17. The molecule has 0 radical (unpaired) electrons. The molecule has 0 atom stereocenters. The molecule has 0 unspecified atom stereocenters. The number of urea groups is 1. The van der Waals surface area contributed by atoms with Crippen molar-refractivity contribution in [1.82, 2.24) is 15.0 Å². The topological polar surface area (TPSA) is 140 Å². The van der Waals surface area contributed by atoms with Crippen molar-refractivity contribution in [2.75, 3.05) is 18.8 Å². The fourth-order valence-corrected chi connectivity index (χ4v) is 2.81. The summed E-state index contributed by atoms with van der Waals surface area (Å²) in [4.78, 5) is 14.7. The van der Waals surface area contributed by atoms with Crippen LogP contribution >= 0.6 is 0 Å². The van der Waals surface area contributed by atoms with Crippen LogP contribution in [-0.4, -0.2) is 32.5 Å². The van der Waals surface area contributed by atoms with Gasteiger partial charge in [0, 0.05) is 18.5 Å². The molecule has 0 spiro atoms. The molecule has 0 aliphatic heterocycles. The average Bonchev–Trinajstić information content (AvgIpc) is 2.43. The fourth-order valence-electron chi connectivity index (χ4n) is 1.74. The number of nitrogen functional groups attached to an aromatic ring is 1. The van der Waals surface area contributed by atoms with E-state index in [0.717, 1.165) is 0 Å². The molecule has 1 heterocycles. The van der Waals surface area contributed by atoms with E-state index in [4.69, 9.17) is 11.5 Å². The number of hydrogen-bond acceptors (Lipinski definition) is 5. The number of fused-ring (bicyclic) bond motifs is 1. The first-order valence-electron chi connectivity index (χ1n) is 6.08. The first-order valence-corrected chi connectivity index (χ1v) is 7.56. The maximum absolute atomic E-state index is 12.1. The predicted octanol–water partition coefficient (Wildman–Crippen LogP) is -0.236. The monoisotopic (exact) mass is 309 g/mol. The van der Waals surface area contributed by atoms with E-state index in [2.05, 4.69) is 15.0 Å². The quantitative estimate of drug-likeness (QED) is 0.564. The highest BCUT2D eigenvalue weighted by molar-refractivity contribution is 7.89. The standard InChI is InChI=1S/C12H15N5O3S/c13-11-4-1-8-7-9(2-3-10(8)17-11)21(19,20)16-6-5-15-12(14)18/h1-4,7,16H,5-6H2,(H2,13,17)(H3,14,15,18). The van der Waals surface area contributed by atoms with Gasteiger partial charge in [0.15, 0.2) is 0 Å². The van der Waals surface area contributed by atoms with Crippen LogP contribution in [0.15, 0.2) is 35.2 Å². The number of nitrogens with one attached hydrogen (secondary N) is 2. The van der Waals surface area contributed by atoms with E-state index in [9.17, 15) is 13.2 Å². The molecule has 1 aromatic heterocycles. The molecular formula is C12H15N5O3S. The summed E-state index contributed by atoms with van der Waals surface area (Å²) in [5.74, 6) is 0.369. The fraction of sp³-hybridized carbons (Fsp3) is 0.167. The zero-order valence-electron chi connectivity index (χ0n) is 11.0. The summed E-state index contributed by atoms with van der Waals surface area (Å²) in [5.41, 5.74) is 11.1. The predicted molar refractivity (Wildman–Crippen MR) is 78.9 cm³/mol. The maximum Gasteiger partial charge on any atom is 0.312 e. The summed E-state index contributed by atoms with van der Waals surface area (Å²) in [6.07, 6.45) is 0. The number of carbonyl (C=O) groups is 1. The molecule has 0 saturated heterocycles. The second-order valence-electron chi connectivity index (χ2n) is 4.28. The number of hydrogen-bond donors (Lipinski definition) is 4. The van der Waals surface area contributed by atoms with Crippen LogP contribution in [0.25, 0.3) is 10.9 Å². The Balaban J connectivity index is 2.16. The number of amides is 2. The number of benzene rings is 1. The molecule has 2 aromatic rings. The van der Waals surface area contributed by atoms with Crippen LogP contribution in [0, 0.1) is 0 Å². The van der Waals surface area contributed by atoms with Crippen LogP contribution in [-0.2, 0) is 10.0 Å². The van der Waals surface area contributed by atoms with Crippen LogP contribution < -0.4 is 21.5 Å². The van der Waals surface area contributed by atoms with Crippen molar-refractivity contribution in [1.29, 1.82) is 0 Å². The van der Waals surface area contributed by atoms with Crippen LogP contribution in [0.1, 0.15) is 0 Å². The van der Waals surface area contributed by atoms with Gasteiger partial charge in [-0.3, -0.25) is 0 Å². The van der Waals surface area contributed by atoms with Gasteiger partial charge in [-0.2, -0.15) is 0 Å². The van der Waals surface area contributed by atoms with E-state index in [0.29, 0.717) is 16.7 Å². The number of carbonyl (C=O) groups excluding carboxylic acids is 1. The third kappa shape index (κ3) is 3.80. The highest BCUT2D eigenvalue weighted by Gasteiger charge is 2.14. The number of sulfonamides is 1. The van der Waals surface area contributed by atoms with Crippen LogP contribution in [0.2, 0.25) is 0 Å². The van der Waals surface area contributed by atoms with E-state index in [-0.39, 0.29) is 18.0 Å². The van der Waals surface area contributed by atoms with E-state index in [1.54, 1.807) is 18.2 Å². The molecule has 0 fully saturated rings. The lowest BCUT2D eigenvalue weighted by molar-refractivity contribution is 0.249. The van der Waals surface area contributed by atoms with Crippen molar-refractivity contribution in [3.63, 3.8) is 0 Å². The van der Waals surface area contributed by atoms with Gasteiger partial charge in [0.1, 0.15) is 5.82 Å². The zero-order chi connectivity index (χ0) is 15.5. The number of nitrogens with two attached hydrogens (primary N) is 2. The molecule has 2 amide bonds. The minimum Gasteiger partial charge on any atom is -0.384 e.